The van der Waals surface area contributed by atoms with Crippen molar-refractivity contribution in [2.45, 2.75) is 24.8 Å². The Hall–Kier alpha value is -2.96. The summed E-state index contributed by atoms with van der Waals surface area (Å²) in [7, 11) is 0.757. The van der Waals surface area contributed by atoms with E-state index in [9.17, 15) is 22.8 Å². The summed E-state index contributed by atoms with van der Waals surface area (Å²) in [6.45, 7) is 2.70. The number of amides is 3. The Morgan fingerprint density at radius 1 is 1.15 bits per heavy atom. The molecule has 0 aliphatic carbocycles. The van der Waals surface area contributed by atoms with Crippen LogP contribution in [0.25, 0.3) is 0 Å². The van der Waals surface area contributed by atoms with Gasteiger partial charge >= 0.3 is 6.09 Å². The molecule has 3 rings (SSSR count). The van der Waals surface area contributed by atoms with E-state index in [1.807, 2.05) is 0 Å². The van der Waals surface area contributed by atoms with Crippen LogP contribution in [0.2, 0.25) is 0 Å². The van der Waals surface area contributed by atoms with Gasteiger partial charge in [0.1, 0.15) is 5.00 Å². The second kappa shape index (κ2) is 9.89. The second-order valence-corrected chi connectivity index (χ2v) is 10.7. The van der Waals surface area contributed by atoms with Crippen LogP contribution in [0, 0.1) is 0 Å². The molecule has 33 heavy (non-hydrogen) atoms. The highest BCUT2D eigenvalue weighted by Crippen LogP contribution is 2.37. The summed E-state index contributed by atoms with van der Waals surface area (Å²) in [6, 6.07) is 5.56. The Labute approximate surface area is 196 Å². The predicted octanol–water partition coefficient (Wildman–Crippen LogP) is 2.12. The number of sulfonamides is 1. The highest BCUT2D eigenvalue weighted by Gasteiger charge is 2.30. The maximum Gasteiger partial charge on any atom is 0.410 e. The molecule has 0 atom stereocenters. The van der Waals surface area contributed by atoms with E-state index in [1.54, 1.807) is 11.8 Å². The second-order valence-electron chi connectivity index (χ2n) is 7.42. The van der Waals surface area contributed by atoms with E-state index in [1.165, 1.54) is 56.7 Å². The van der Waals surface area contributed by atoms with Crippen molar-refractivity contribution < 1.29 is 27.5 Å². The van der Waals surface area contributed by atoms with Gasteiger partial charge in [-0.2, -0.15) is 0 Å². The van der Waals surface area contributed by atoms with Gasteiger partial charge in [0.15, 0.2) is 0 Å². The smallest absolute Gasteiger partial charge is 0.410 e. The van der Waals surface area contributed by atoms with Gasteiger partial charge in [-0.05, 0) is 43.2 Å². The standard InChI is InChI=1S/C21H26N4O6S2/c1-5-31-21(28)25-11-10-15-16(12-25)32-20(17(15)19(27)22-2)23-18(26)13-6-8-14(9-7-13)33(29,30)24(3)4/h6-9H,5,10-12H2,1-4H3,(H,22,27)(H,23,26). The van der Waals surface area contributed by atoms with Crippen LogP contribution in [-0.4, -0.2) is 69.8 Å². The molecule has 1 aliphatic rings. The molecule has 10 nitrogen and oxygen atoms in total. The van der Waals surface area contributed by atoms with E-state index in [0.717, 1.165) is 14.7 Å². The van der Waals surface area contributed by atoms with Crippen molar-refractivity contribution in [3.8, 4) is 0 Å². The van der Waals surface area contributed by atoms with Crippen molar-refractivity contribution in [2.24, 2.45) is 0 Å². The normalized spacial score (nSPS) is 13.4. The molecule has 0 fully saturated rings. The molecule has 2 aromatic rings. The van der Waals surface area contributed by atoms with Crippen LogP contribution >= 0.6 is 11.3 Å². The molecule has 1 aliphatic heterocycles. The highest BCUT2D eigenvalue weighted by atomic mass is 32.2. The summed E-state index contributed by atoms with van der Waals surface area (Å²) >= 11 is 1.23. The molecule has 3 amide bonds. The zero-order valence-electron chi connectivity index (χ0n) is 18.8. The summed E-state index contributed by atoms with van der Waals surface area (Å²) < 4.78 is 30.6. The first-order valence-corrected chi connectivity index (χ1v) is 12.5. The lowest BCUT2D eigenvalue weighted by Gasteiger charge is -2.26. The van der Waals surface area contributed by atoms with Crippen molar-refractivity contribution >= 4 is 44.3 Å². The van der Waals surface area contributed by atoms with Crippen molar-refractivity contribution in [1.29, 1.82) is 0 Å². The number of carbonyl (C=O) groups is 3. The molecule has 0 unspecified atom stereocenters. The average molecular weight is 495 g/mol. The molecule has 0 saturated heterocycles. The Morgan fingerprint density at radius 3 is 2.39 bits per heavy atom. The first-order chi connectivity index (χ1) is 15.6. The van der Waals surface area contributed by atoms with Gasteiger partial charge in [0.05, 0.1) is 23.6 Å². The fourth-order valence-corrected chi connectivity index (χ4v) is 5.55. The molecular weight excluding hydrogens is 468 g/mol. The van der Waals surface area contributed by atoms with Crippen LogP contribution in [0.3, 0.4) is 0 Å². The molecule has 0 radical (unpaired) electrons. The van der Waals surface area contributed by atoms with Crippen LogP contribution in [0.4, 0.5) is 9.80 Å². The number of anilines is 1. The molecule has 1 aromatic heterocycles. The third-order valence-electron chi connectivity index (χ3n) is 5.16. The molecule has 2 N–H and O–H groups in total. The lowest BCUT2D eigenvalue weighted by atomic mass is 10.0. The van der Waals surface area contributed by atoms with Gasteiger partial charge in [-0.3, -0.25) is 9.59 Å². The molecule has 0 bridgehead atoms. The first kappa shape index (κ1) is 24.7. The molecule has 0 spiro atoms. The lowest BCUT2D eigenvalue weighted by molar-refractivity contribution is 0.0961. The number of rotatable bonds is 6. The average Bonchev–Trinajstić information content (AvgIpc) is 3.15. The van der Waals surface area contributed by atoms with Gasteiger partial charge in [-0.25, -0.2) is 17.5 Å². The molecule has 12 heteroatoms. The van der Waals surface area contributed by atoms with E-state index >= 15 is 0 Å². The zero-order valence-corrected chi connectivity index (χ0v) is 20.4. The Kier molecular flexibility index (Phi) is 7.40. The van der Waals surface area contributed by atoms with Gasteiger partial charge in [0.25, 0.3) is 11.8 Å². The number of carbonyl (C=O) groups excluding carboxylic acids is 3. The largest absolute Gasteiger partial charge is 0.450 e. The summed E-state index contributed by atoms with van der Waals surface area (Å²) in [5.41, 5.74) is 1.42. The number of ether oxygens (including phenoxy) is 1. The zero-order chi connectivity index (χ0) is 24.3. The minimum Gasteiger partial charge on any atom is -0.450 e. The summed E-state index contributed by atoms with van der Waals surface area (Å²) in [6.07, 6.45) is 0.0387. The molecular formula is C21H26N4O6S2. The molecule has 0 saturated carbocycles. The fraction of sp³-hybridized carbons (Fsp3) is 0.381. The Bertz CT molecular complexity index is 1170. The molecule has 178 valence electrons. The quantitative estimate of drug-likeness (QED) is 0.634. The van der Waals surface area contributed by atoms with Gasteiger partial charge in [0, 0.05) is 38.1 Å². The van der Waals surface area contributed by atoms with Crippen LogP contribution in [-0.2, 0) is 27.7 Å². The number of benzene rings is 1. The number of nitrogens with one attached hydrogen (secondary N) is 2. The van der Waals surface area contributed by atoms with E-state index in [-0.39, 0.29) is 29.5 Å². The third-order valence-corrected chi connectivity index (χ3v) is 8.12. The van der Waals surface area contributed by atoms with Crippen molar-refractivity contribution in [3.05, 3.63) is 45.8 Å². The van der Waals surface area contributed by atoms with Crippen LogP contribution < -0.4 is 10.6 Å². The van der Waals surface area contributed by atoms with E-state index in [0.29, 0.717) is 23.5 Å². The van der Waals surface area contributed by atoms with E-state index < -0.39 is 22.0 Å². The Morgan fingerprint density at radius 2 is 1.82 bits per heavy atom. The van der Waals surface area contributed by atoms with Gasteiger partial charge in [0.2, 0.25) is 10.0 Å². The predicted molar refractivity (Wildman–Crippen MR) is 124 cm³/mol. The van der Waals surface area contributed by atoms with Crippen LogP contribution in [0.5, 0.6) is 0 Å². The maximum absolute atomic E-state index is 12.9. The summed E-state index contributed by atoms with van der Waals surface area (Å²) in [5.74, 6) is -0.811. The molecule has 1 aromatic carbocycles. The SMILES string of the molecule is CCOC(=O)N1CCc2c(sc(NC(=O)c3ccc(S(=O)(=O)N(C)C)cc3)c2C(=O)NC)C1. The van der Waals surface area contributed by atoms with E-state index in [4.69, 9.17) is 4.74 Å². The monoisotopic (exact) mass is 494 g/mol. The summed E-state index contributed by atoms with van der Waals surface area (Å²) in [4.78, 5) is 40.0. The number of thiophene rings is 1. The number of hydrogen-bond donors (Lipinski definition) is 2. The van der Waals surface area contributed by atoms with Crippen LogP contribution in [0.15, 0.2) is 29.2 Å². The lowest BCUT2D eigenvalue weighted by Crippen LogP contribution is -2.36. The van der Waals surface area contributed by atoms with Crippen molar-refractivity contribution in [1.82, 2.24) is 14.5 Å². The Balaban J connectivity index is 1.87. The topological polar surface area (TPSA) is 125 Å². The minimum absolute atomic E-state index is 0.0701. The van der Waals surface area contributed by atoms with Crippen LogP contribution in [0.1, 0.15) is 38.1 Å². The van der Waals surface area contributed by atoms with E-state index in [2.05, 4.69) is 10.6 Å². The number of hydrogen-bond acceptors (Lipinski definition) is 7. The third kappa shape index (κ3) is 5.02. The minimum atomic E-state index is -3.61. The van der Waals surface area contributed by atoms with Crippen molar-refractivity contribution in [2.75, 3.05) is 39.6 Å². The first-order valence-electron chi connectivity index (χ1n) is 10.2. The highest BCUT2D eigenvalue weighted by molar-refractivity contribution is 7.89. The number of nitrogens with zero attached hydrogens (tertiary/aromatic N) is 2. The van der Waals surface area contributed by atoms with Gasteiger partial charge in [-0.1, -0.05) is 0 Å². The molecule has 2 heterocycles. The maximum atomic E-state index is 12.9. The number of fused-ring (bicyclic) bond motifs is 1. The fourth-order valence-electron chi connectivity index (χ4n) is 3.39. The summed E-state index contributed by atoms with van der Waals surface area (Å²) in [5, 5.41) is 5.75. The van der Waals surface area contributed by atoms with Crippen molar-refractivity contribution in [3.63, 3.8) is 0 Å². The van der Waals surface area contributed by atoms with Gasteiger partial charge < -0.3 is 20.3 Å². The van der Waals surface area contributed by atoms with Gasteiger partial charge in [-0.15, -0.1) is 11.3 Å².